The van der Waals surface area contributed by atoms with Crippen LogP contribution in [0, 0.1) is 3.57 Å². The number of carbonyl (C=O) groups is 1. The average Bonchev–Trinajstić information content (AvgIpc) is 2.43. The van der Waals surface area contributed by atoms with Crippen LogP contribution in [0.1, 0.15) is 16.1 Å². The Labute approximate surface area is 144 Å². The number of aromatic nitrogens is 1. The van der Waals surface area contributed by atoms with Gasteiger partial charge in [0.15, 0.2) is 0 Å². The number of nitrogens with zero attached hydrogens (tertiary/aromatic N) is 1. The lowest BCUT2D eigenvalue weighted by atomic mass is 10.2. The third-order valence-corrected chi connectivity index (χ3v) is 4.12. The van der Waals surface area contributed by atoms with Gasteiger partial charge in [0.25, 0.3) is 5.91 Å². The van der Waals surface area contributed by atoms with Gasteiger partial charge >= 0.3 is 0 Å². The first-order valence-corrected chi connectivity index (χ1v) is 8.03. The van der Waals surface area contributed by atoms with Crippen LogP contribution in [0.15, 0.2) is 47.1 Å². The molecule has 0 aliphatic carbocycles. The minimum atomic E-state index is -0.192. The Bertz CT molecular complexity index is 649. The van der Waals surface area contributed by atoms with Crippen LogP contribution >= 0.6 is 50.7 Å². The minimum absolute atomic E-state index is 0.192. The van der Waals surface area contributed by atoms with Crippen LogP contribution in [0.3, 0.4) is 0 Å². The van der Waals surface area contributed by atoms with Gasteiger partial charge in [-0.25, -0.2) is 0 Å². The van der Waals surface area contributed by atoms with Crippen molar-refractivity contribution >= 4 is 61.6 Å². The van der Waals surface area contributed by atoms with Gasteiger partial charge in [-0.1, -0.05) is 30.4 Å². The molecule has 0 atom stereocenters. The Balaban J connectivity index is 2.01. The lowest BCUT2D eigenvalue weighted by molar-refractivity contribution is 0.0977. The molecule has 0 spiro atoms. The first-order chi connectivity index (χ1) is 9.56. The highest BCUT2D eigenvalue weighted by atomic mass is 127. The molecule has 0 bridgehead atoms. The van der Waals surface area contributed by atoms with E-state index in [0.717, 1.165) is 13.7 Å². The molecule has 1 aromatic carbocycles. The fraction of sp³-hybridized carbons (Fsp3) is 0.0714. The molecule has 0 radical (unpaired) electrons. The van der Waals surface area contributed by atoms with E-state index in [2.05, 4.69) is 48.8 Å². The SMILES string of the molecule is O=C(NC(=S)Cc1ncc(Br)cc1I)c1ccccc1. The first kappa shape index (κ1) is 15.5. The van der Waals surface area contributed by atoms with Crippen LogP contribution in [-0.4, -0.2) is 15.9 Å². The van der Waals surface area contributed by atoms with Crippen molar-refractivity contribution in [2.24, 2.45) is 0 Å². The van der Waals surface area contributed by atoms with Gasteiger partial charge in [0.05, 0.1) is 10.7 Å². The summed E-state index contributed by atoms with van der Waals surface area (Å²) < 4.78 is 1.93. The number of nitrogens with one attached hydrogen (secondary N) is 1. The number of carbonyl (C=O) groups excluding carboxylic acids is 1. The van der Waals surface area contributed by atoms with E-state index in [0.29, 0.717) is 17.0 Å². The van der Waals surface area contributed by atoms with Gasteiger partial charge < -0.3 is 5.32 Å². The van der Waals surface area contributed by atoms with E-state index in [1.807, 2.05) is 24.3 Å². The van der Waals surface area contributed by atoms with Gasteiger partial charge in [0.2, 0.25) is 0 Å². The maximum Gasteiger partial charge on any atom is 0.256 e. The summed E-state index contributed by atoms with van der Waals surface area (Å²) in [6.45, 7) is 0. The van der Waals surface area contributed by atoms with Crippen molar-refractivity contribution in [1.82, 2.24) is 10.3 Å². The van der Waals surface area contributed by atoms with Crippen LogP contribution in [0.25, 0.3) is 0 Å². The Morgan fingerprint density at radius 3 is 2.70 bits per heavy atom. The number of rotatable bonds is 3. The van der Waals surface area contributed by atoms with Crippen molar-refractivity contribution in [3.63, 3.8) is 0 Å². The Hall–Kier alpha value is -0.860. The predicted octanol–water partition coefficient (Wildman–Crippen LogP) is 3.75. The van der Waals surface area contributed by atoms with Crippen molar-refractivity contribution in [2.75, 3.05) is 0 Å². The molecule has 0 saturated carbocycles. The zero-order valence-corrected chi connectivity index (χ0v) is 14.8. The molecule has 0 fully saturated rings. The molecule has 0 aliphatic heterocycles. The third kappa shape index (κ3) is 4.32. The molecule has 102 valence electrons. The van der Waals surface area contributed by atoms with Gasteiger partial charge in [-0.3, -0.25) is 9.78 Å². The number of benzene rings is 1. The molecule has 3 nitrogen and oxygen atoms in total. The summed E-state index contributed by atoms with van der Waals surface area (Å²) in [6.07, 6.45) is 2.17. The number of hydrogen-bond donors (Lipinski definition) is 1. The van der Waals surface area contributed by atoms with E-state index in [-0.39, 0.29) is 5.91 Å². The summed E-state index contributed by atoms with van der Waals surface area (Å²) in [5.74, 6) is -0.192. The van der Waals surface area contributed by atoms with E-state index in [1.54, 1.807) is 18.3 Å². The zero-order valence-electron chi connectivity index (χ0n) is 10.3. The number of thiocarbonyl (C=S) groups is 1. The van der Waals surface area contributed by atoms with E-state index in [9.17, 15) is 4.79 Å². The quantitative estimate of drug-likeness (QED) is 0.560. The monoisotopic (exact) mass is 460 g/mol. The highest BCUT2D eigenvalue weighted by Gasteiger charge is 2.10. The Morgan fingerprint density at radius 1 is 1.35 bits per heavy atom. The van der Waals surface area contributed by atoms with Gasteiger partial charge in [-0.2, -0.15) is 0 Å². The average molecular weight is 461 g/mol. The molecule has 1 heterocycles. The van der Waals surface area contributed by atoms with Crippen molar-refractivity contribution in [3.8, 4) is 0 Å². The van der Waals surface area contributed by atoms with Crippen LogP contribution in [0.5, 0.6) is 0 Å². The van der Waals surface area contributed by atoms with Crippen LogP contribution in [-0.2, 0) is 6.42 Å². The first-order valence-electron chi connectivity index (χ1n) is 5.75. The largest absolute Gasteiger partial charge is 0.316 e. The summed E-state index contributed by atoms with van der Waals surface area (Å²) in [6, 6.07) is 11.0. The zero-order chi connectivity index (χ0) is 14.5. The minimum Gasteiger partial charge on any atom is -0.316 e. The van der Waals surface area contributed by atoms with E-state index in [4.69, 9.17) is 12.2 Å². The topological polar surface area (TPSA) is 42.0 Å². The maximum atomic E-state index is 12.0. The summed E-state index contributed by atoms with van der Waals surface area (Å²) >= 11 is 10.8. The second-order valence-corrected chi connectivity index (χ2v) is 6.57. The smallest absolute Gasteiger partial charge is 0.256 e. The number of amides is 1. The van der Waals surface area contributed by atoms with Gasteiger partial charge in [0.1, 0.15) is 0 Å². The molecule has 0 aliphatic rings. The second-order valence-electron chi connectivity index (χ2n) is 4.00. The van der Waals surface area contributed by atoms with Crippen LogP contribution < -0.4 is 5.32 Å². The number of pyridine rings is 1. The van der Waals surface area contributed by atoms with Crippen LogP contribution in [0.4, 0.5) is 0 Å². The van der Waals surface area contributed by atoms with E-state index >= 15 is 0 Å². The molecule has 1 N–H and O–H groups in total. The van der Waals surface area contributed by atoms with Crippen molar-refractivity contribution in [1.29, 1.82) is 0 Å². The Morgan fingerprint density at radius 2 is 2.05 bits per heavy atom. The lowest BCUT2D eigenvalue weighted by Gasteiger charge is -2.08. The maximum absolute atomic E-state index is 12.0. The van der Waals surface area contributed by atoms with Gasteiger partial charge in [0, 0.05) is 26.2 Å². The highest BCUT2D eigenvalue weighted by Crippen LogP contribution is 2.16. The number of halogens is 2. The molecule has 1 aromatic heterocycles. The fourth-order valence-electron chi connectivity index (χ4n) is 1.56. The molecular formula is C14H10BrIN2OS. The fourth-order valence-corrected chi connectivity index (χ4v) is 3.21. The third-order valence-electron chi connectivity index (χ3n) is 2.50. The summed E-state index contributed by atoms with van der Waals surface area (Å²) in [5.41, 5.74) is 1.44. The normalized spacial score (nSPS) is 10.1. The molecule has 20 heavy (non-hydrogen) atoms. The molecule has 2 rings (SSSR count). The summed E-state index contributed by atoms with van der Waals surface area (Å²) in [7, 11) is 0. The second kappa shape index (κ2) is 7.24. The Kier molecular flexibility index (Phi) is 5.62. The highest BCUT2D eigenvalue weighted by molar-refractivity contribution is 14.1. The van der Waals surface area contributed by atoms with E-state index < -0.39 is 0 Å². The number of hydrogen-bond acceptors (Lipinski definition) is 3. The van der Waals surface area contributed by atoms with Crippen LogP contribution in [0.2, 0.25) is 0 Å². The predicted molar refractivity (Wildman–Crippen MR) is 94.9 cm³/mol. The molecular weight excluding hydrogens is 451 g/mol. The van der Waals surface area contributed by atoms with Gasteiger partial charge in [-0.05, 0) is 56.7 Å². The molecule has 2 aromatic rings. The lowest BCUT2D eigenvalue weighted by Crippen LogP contribution is -2.30. The van der Waals surface area contributed by atoms with E-state index in [1.165, 1.54) is 0 Å². The van der Waals surface area contributed by atoms with Crippen molar-refractivity contribution in [3.05, 3.63) is 61.9 Å². The summed E-state index contributed by atoms with van der Waals surface area (Å²) in [5, 5.41) is 2.72. The standard InChI is InChI=1S/C14H10BrIN2OS/c15-10-6-11(16)12(17-8-10)7-13(20)18-14(19)9-4-2-1-3-5-9/h1-6,8H,7H2,(H,18,19,20). The van der Waals surface area contributed by atoms with Crippen molar-refractivity contribution in [2.45, 2.75) is 6.42 Å². The van der Waals surface area contributed by atoms with Crippen molar-refractivity contribution < 1.29 is 4.79 Å². The van der Waals surface area contributed by atoms with Gasteiger partial charge in [-0.15, -0.1) is 0 Å². The molecule has 0 unspecified atom stereocenters. The molecule has 6 heteroatoms. The molecule has 1 amide bonds. The molecule has 0 saturated heterocycles. The summed E-state index contributed by atoms with van der Waals surface area (Å²) in [4.78, 5) is 16.7.